The normalized spacial score (nSPS) is 16.6. The van der Waals surface area contributed by atoms with Crippen LogP contribution >= 0.6 is 0 Å². The van der Waals surface area contributed by atoms with Crippen molar-refractivity contribution < 1.29 is 9.90 Å². The molecule has 0 heterocycles. The predicted octanol–water partition coefficient (Wildman–Crippen LogP) is 2.04. The first-order valence-electron chi connectivity index (χ1n) is 5.76. The molecule has 3 nitrogen and oxygen atoms in total. The molecule has 1 aromatic rings. The standard InChI is InChI=1S/C13H17NO2/c14-12(8-13(15)16)11-6-5-9-3-1-2-4-10(9)7-11/h5-7,12H,1-4,8,14H2,(H,15,16). The Morgan fingerprint density at radius 2 is 2.00 bits per heavy atom. The summed E-state index contributed by atoms with van der Waals surface area (Å²) in [5.41, 5.74) is 9.55. The Morgan fingerprint density at radius 3 is 2.69 bits per heavy atom. The van der Waals surface area contributed by atoms with Gasteiger partial charge in [0, 0.05) is 6.04 Å². The van der Waals surface area contributed by atoms with Crippen LogP contribution in [0.3, 0.4) is 0 Å². The molecular weight excluding hydrogens is 202 g/mol. The summed E-state index contributed by atoms with van der Waals surface area (Å²) in [6.45, 7) is 0. The van der Waals surface area contributed by atoms with Gasteiger partial charge in [-0.25, -0.2) is 0 Å². The molecule has 16 heavy (non-hydrogen) atoms. The summed E-state index contributed by atoms with van der Waals surface area (Å²) in [5, 5.41) is 8.70. The summed E-state index contributed by atoms with van der Waals surface area (Å²) in [7, 11) is 0. The second kappa shape index (κ2) is 4.66. The van der Waals surface area contributed by atoms with Crippen LogP contribution in [0, 0.1) is 0 Å². The lowest BCUT2D eigenvalue weighted by Crippen LogP contribution is -2.16. The van der Waals surface area contributed by atoms with Crippen molar-refractivity contribution in [1.29, 1.82) is 0 Å². The van der Waals surface area contributed by atoms with Gasteiger partial charge in [-0.1, -0.05) is 18.2 Å². The van der Waals surface area contributed by atoms with Gasteiger partial charge in [0.2, 0.25) is 0 Å². The van der Waals surface area contributed by atoms with E-state index in [2.05, 4.69) is 12.1 Å². The van der Waals surface area contributed by atoms with E-state index in [1.54, 1.807) is 0 Å². The maximum absolute atomic E-state index is 10.6. The van der Waals surface area contributed by atoms with Crippen LogP contribution in [0.25, 0.3) is 0 Å². The number of fused-ring (bicyclic) bond motifs is 1. The Kier molecular flexibility index (Phi) is 3.25. The molecule has 1 aromatic carbocycles. The van der Waals surface area contributed by atoms with Gasteiger partial charge in [-0.2, -0.15) is 0 Å². The number of aliphatic carboxylic acids is 1. The highest BCUT2D eigenvalue weighted by atomic mass is 16.4. The van der Waals surface area contributed by atoms with Crippen LogP contribution in [0.4, 0.5) is 0 Å². The Labute approximate surface area is 95.3 Å². The van der Waals surface area contributed by atoms with Gasteiger partial charge >= 0.3 is 5.97 Å². The molecule has 1 aliphatic carbocycles. The quantitative estimate of drug-likeness (QED) is 0.817. The van der Waals surface area contributed by atoms with Gasteiger partial charge in [0.1, 0.15) is 0 Å². The Bertz CT molecular complexity index is 401. The second-order valence-electron chi connectivity index (χ2n) is 4.44. The number of carboxylic acids is 1. The second-order valence-corrected chi connectivity index (χ2v) is 4.44. The SMILES string of the molecule is NC(CC(=O)O)c1ccc2c(c1)CCCC2. The Hall–Kier alpha value is -1.35. The first kappa shape index (κ1) is 11.1. The average molecular weight is 219 g/mol. The third kappa shape index (κ3) is 2.42. The zero-order chi connectivity index (χ0) is 11.5. The molecule has 0 fully saturated rings. The predicted molar refractivity (Wildman–Crippen MR) is 62.3 cm³/mol. The number of nitrogens with two attached hydrogens (primary N) is 1. The largest absolute Gasteiger partial charge is 0.481 e. The van der Waals surface area contributed by atoms with Gasteiger partial charge in [0.25, 0.3) is 0 Å². The lowest BCUT2D eigenvalue weighted by molar-refractivity contribution is -0.137. The molecule has 0 aromatic heterocycles. The molecule has 1 aliphatic rings. The van der Waals surface area contributed by atoms with Gasteiger partial charge in [0.05, 0.1) is 6.42 Å². The van der Waals surface area contributed by atoms with Crippen molar-refractivity contribution in [3.8, 4) is 0 Å². The number of benzene rings is 1. The number of aryl methyl sites for hydroxylation is 2. The highest BCUT2D eigenvalue weighted by Gasteiger charge is 2.14. The number of carbonyl (C=O) groups is 1. The topological polar surface area (TPSA) is 63.3 Å². The number of carboxylic acid groups (broad SMARTS) is 1. The van der Waals surface area contributed by atoms with E-state index in [4.69, 9.17) is 10.8 Å². The van der Waals surface area contributed by atoms with Crippen molar-refractivity contribution in [3.63, 3.8) is 0 Å². The smallest absolute Gasteiger partial charge is 0.305 e. The number of hydrogen-bond acceptors (Lipinski definition) is 2. The average Bonchev–Trinajstić information content (AvgIpc) is 2.27. The molecule has 0 saturated carbocycles. The molecule has 1 atom stereocenters. The molecule has 3 N–H and O–H groups in total. The number of hydrogen-bond donors (Lipinski definition) is 2. The summed E-state index contributed by atoms with van der Waals surface area (Å²) < 4.78 is 0. The summed E-state index contributed by atoms with van der Waals surface area (Å²) in [6, 6.07) is 5.77. The van der Waals surface area contributed by atoms with E-state index in [1.807, 2.05) is 6.07 Å². The van der Waals surface area contributed by atoms with Crippen LogP contribution in [0.5, 0.6) is 0 Å². The molecule has 0 amide bonds. The molecule has 2 rings (SSSR count). The molecule has 0 radical (unpaired) electrons. The van der Waals surface area contributed by atoms with Gasteiger partial charge in [-0.3, -0.25) is 4.79 Å². The molecule has 0 spiro atoms. The first-order valence-corrected chi connectivity index (χ1v) is 5.76. The summed E-state index contributed by atoms with van der Waals surface area (Å²) in [6.07, 6.45) is 4.73. The van der Waals surface area contributed by atoms with Crippen molar-refractivity contribution in [1.82, 2.24) is 0 Å². The summed E-state index contributed by atoms with van der Waals surface area (Å²) in [4.78, 5) is 10.6. The summed E-state index contributed by atoms with van der Waals surface area (Å²) >= 11 is 0. The van der Waals surface area contributed by atoms with Crippen LogP contribution in [0.2, 0.25) is 0 Å². The lowest BCUT2D eigenvalue weighted by atomic mass is 9.89. The molecule has 1 unspecified atom stereocenters. The Morgan fingerprint density at radius 1 is 1.31 bits per heavy atom. The molecule has 0 aliphatic heterocycles. The van der Waals surface area contributed by atoms with Crippen molar-refractivity contribution in [2.45, 2.75) is 38.1 Å². The van der Waals surface area contributed by atoms with Crippen molar-refractivity contribution in [2.75, 3.05) is 0 Å². The fourth-order valence-electron chi connectivity index (χ4n) is 2.29. The van der Waals surface area contributed by atoms with Gasteiger partial charge < -0.3 is 10.8 Å². The third-order valence-corrected chi connectivity index (χ3v) is 3.20. The molecule has 3 heteroatoms. The van der Waals surface area contributed by atoms with Crippen molar-refractivity contribution in [3.05, 3.63) is 34.9 Å². The van der Waals surface area contributed by atoms with Gasteiger partial charge in [-0.05, 0) is 42.4 Å². The maximum atomic E-state index is 10.6. The minimum Gasteiger partial charge on any atom is -0.481 e. The minimum atomic E-state index is -0.842. The molecule has 0 saturated heterocycles. The van der Waals surface area contributed by atoms with Gasteiger partial charge in [-0.15, -0.1) is 0 Å². The highest BCUT2D eigenvalue weighted by Crippen LogP contribution is 2.25. The zero-order valence-corrected chi connectivity index (χ0v) is 9.28. The molecular formula is C13H17NO2. The van der Waals surface area contributed by atoms with Crippen LogP contribution in [-0.2, 0) is 17.6 Å². The van der Waals surface area contributed by atoms with E-state index in [0.29, 0.717) is 0 Å². The van der Waals surface area contributed by atoms with Crippen LogP contribution in [-0.4, -0.2) is 11.1 Å². The van der Waals surface area contributed by atoms with E-state index in [1.165, 1.54) is 24.0 Å². The van der Waals surface area contributed by atoms with Crippen LogP contribution in [0.15, 0.2) is 18.2 Å². The number of rotatable bonds is 3. The van der Waals surface area contributed by atoms with Crippen molar-refractivity contribution in [2.24, 2.45) is 5.73 Å². The third-order valence-electron chi connectivity index (χ3n) is 3.20. The first-order chi connectivity index (χ1) is 7.66. The molecule has 0 bridgehead atoms. The monoisotopic (exact) mass is 219 g/mol. The summed E-state index contributed by atoms with van der Waals surface area (Å²) in [5.74, 6) is -0.842. The van der Waals surface area contributed by atoms with E-state index >= 15 is 0 Å². The van der Waals surface area contributed by atoms with Crippen LogP contribution < -0.4 is 5.73 Å². The van der Waals surface area contributed by atoms with Gasteiger partial charge in [0.15, 0.2) is 0 Å². The fourth-order valence-corrected chi connectivity index (χ4v) is 2.29. The van der Waals surface area contributed by atoms with Crippen LogP contribution in [0.1, 0.15) is 42.0 Å². The Balaban J connectivity index is 2.19. The molecule has 86 valence electrons. The van der Waals surface area contributed by atoms with Crippen molar-refractivity contribution >= 4 is 5.97 Å². The maximum Gasteiger partial charge on any atom is 0.305 e. The zero-order valence-electron chi connectivity index (χ0n) is 9.28. The van der Waals surface area contributed by atoms with E-state index in [0.717, 1.165) is 18.4 Å². The van der Waals surface area contributed by atoms with E-state index in [-0.39, 0.29) is 12.5 Å². The lowest BCUT2D eigenvalue weighted by Gasteiger charge is -2.18. The minimum absolute atomic E-state index is 0.00120. The van der Waals surface area contributed by atoms with E-state index in [9.17, 15) is 4.79 Å². The highest BCUT2D eigenvalue weighted by molar-refractivity contribution is 5.67. The fraction of sp³-hybridized carbons (Fsp3) is 0.462. The van der Waals surface area contributed by atoms with E-state index < -0.39 is 5.97 Å².